The standard InChI is InChI=1S/C28H31N5O2/c1-16-8-9-17(2)22(14-16)27(34)30-18(3)19-10-12-20(13-11-19)23-15-33(21-6-4-5-7-21)25-24(23)26(29)31-32-28(25)35/h8-15,18,21H,4-7H2,1-3H3,(H2,29,31)(H,30,34)(H,32,35)/t18-/m1/s1. The van der Waals surface area contributed by atoms with Crippen molar-refractivity contribution in [3.8, 4) is 11.1 Å². The van der Waals surface area contributed by atoms with Crippen LogP contribution in [0, 0.1) is 13.8 Å². The lowest BCUT2D eigenvalue weighted by Gasteiger charge is -2.16. The predicted octanol–water partition coefficient (Wildman–Crippen LogP) is 5.20. The summed E-state index contributed by atoms with van der Waals surface area (Å²) >= 11 is 0. The van der Waals surface area contributed by atoms with Crippen LogP contribution in [0.15, 0.2) is 53.5 Å². The van der Waals surface area contributed by atoms with Gasteiger partial charge < -0.3 is 15.6 Å². The molecular formula is C28H31N5O2. The second-order valence-electron chi connectivity index (χ2n) is 9.69. The number of amides is 1. The average molecular weight is 470 g/mol. The molecule has 180 valence electrons. The Morgan fingerprint density at radius 3 is 2.57 bits per heavy atom. The first-order valence-corrected chi connectivity index (χ1v) is 12.2. The summed E-state index contributed by atoms with van der Waals surface area (Å²) in [7, 11) is 0. The fraction of sp³-hybridized carbons (Fsp3) is 0.321. The second-order valence-corrected chi connectivity index (χ2v) is 9.69. The summed E-state index contributed by atoms with van der Waals surface area (Å²) < 4.78 is 2.09. The van der Waals surface area contributed by atoms with Gasteiger partial charge in [0.25, 0.3) is 11.5 Å². The molecule has 5 rings (SSSR count). The molecule has 0 spiro atoms. The van der Waals surface area contributed by atoms with Crippen LogP contribution in [0.5, 0.6) is 0 Å². The number of aromatic amines is 1. The first kappa shape index (κ1) is 22.9. The number of anilines is 1. The molecule has 2 aromatic carbocycles. The number of nitrogens with two attached hydrogens (primary N) is 1. The molecule has 4 N–H and O–H groups in total. The number of nitrogen functional groups attached to an aromatic ring is 1. The number of hydrogen-bond acceptors (Lipinski definition) is 4. The lowest BCUT2D eigenvalue weighted by Crippen LogP contribution is -2.27. The molecule has 1 amide bonds. The van der Waals surface area contributed by atoms with Crippen molar-refractivity contribution in [3.63, 3.8) is 0 Å². The maximum Gasteiger partial charge on any atom is 0.288 e. The Kier molecular flexibility index (Phi) is 5.93. The average Bonchev–Trinajstić information content (AvgIpc) is 3.52. The van der Waals surface area contributed by atoms with E-state index in [0.717, 1.165) is 40.7 Å². The number of aromatic nitrogens is 3. The second kappa shape index (κ2) is 9.06. The van der Waals surface area contributed by atoms with Crippen LogP contribution in [0.1, 0.15) is 71.7 Å². The zero-order valence-electron chi connectivity index (χ0n) is 20.4. The molecule has 35 heavy (non-hydrogen) atoms. The topological polar surface area (TPSA) is 106 Å². The highest BCUT2D eigenvalue weighted by molar-refractivity contribution is 6.02. The van der Waals surface area contributed by atoms with E-state index >= 15 is 0 Å². The van der Waals surface area contributed by atoms with Crippen LogP contribution >= 0.6 is 0 Å². The van der Waals surface area contributed by atoms with E-state index in [1.807, 2.05) is 63.2 Å². The SMILES string of the molecule is Cc1ccc(C)c(C(=O)N[C@H](C)c2ccc(-c3cn(C4CCCC4)c4c(=O)[nH]nc(N)c34)cc2)c1. The van der Waals surface area contributed by atoms with Crippen LogP contribution in [0.25, 0.3) is 22.0 Å². The number of rotatable bonds is 5. The van der Waals surface area contributed by atoms with Gasteiger partial charge in [0, 0.05) is 23.4 Å². The molecule has 1 atom stereocenters. The van der Waals surface area contributed by atoms with Crippen LogP contribution in [0.4, 0.5) is 5.82 Å². The van der Waals surface area contributed by atoms with Crippen molar-refractivity contribution in [2.24, 2.45) is 0 Å². The molecule has 0 unspecified atom stereocenters. The van der Waals surface area contributed by atoms with Crippen LogP contribution in [-0.2, 0) is 0 Å². The molecular weight excluding hydrogens is 438 g/mol. The van der Waals surface area contributed by atoms with Gasteiger partial charge in [0.2, 0.25) is 0 Å². The fourth-order valence-electron chi connectivity index (χ4n) is 5.21. The third-order valence-corrected chi connectivity index (χ3v) is 7.21. The van der Waals surface area contributed by atoms with Crippen molar-refractivity contribution in [2.75, 3.05) is 5.73 Å². The van der Waals surface area contributed by atoms with Crippen molar-refractivity contribution >= 4 is 22.6 Å². The number of aryl methyl sites for hydroxylation is 2. The van der Waals surface area contributed by atoms with E-state index in [1.165, 1.54) is 12.8 Å². The highest BCUT2D eigenvalue weighted by Gasteiger charge is 2.24. The first-order valence-electron chi connectivity index (χ1n) is 12.2. The van der Waals surface area contributed by atoms with Gasteiger partial charge in [-0.1, -0.05) is 54.8 Å². The maximum absolute atomic E-state index is 12.9. The number of carbonyl (C=O) groups is 1. The Balaban J connectivity index is 1.45. The van der Waals surface area contributed by atoms with E-state index < -0.39 is 0 Å². The van der Waals surface area contributed by atoms with Crippen molar-refractivity contribution in [2.45, 2.75) is 58.5 Å². The monoisotopic (exact) mass is 469 g/mol. The first-order chi connectivity index (χ1) is 16.8. The number of nitrogens with one attached hydrogen (secondary N) is 2. The Labute approximate surface area is 204 Å². The van der Waals surface area contributed by atoms with Gasteiger partial charge in [0.05, 0.1) is 11.4 Å². The van der Waals surface area contributed by atoms with E-state index in [4.69, 9.17) is 5.73 Å². The molecule has 1 saturated carbocycles. The van der Waals surface area contributed by atoms with E-state index in [-0.39, 0.29) is 17.5 Å². The molecule has 1 aliphatic carbocycles. The highest BCUT2D eigenvalue weighted by Crippen LogP contribution is 2.38. The highest BCUT2D eigenvalue weighted by atomic mass is 16.1. The largest absolute Gasteiger partial charge is 0.382 e. The molecule has 0 aliphatic heterocycles. The summed E-state index contributed by atoms with van der Waals surface area (Å²) in [5.74, 6) is 0.241. The number of H-pyrrole nitrogens is 1. The van der Waals surface area contributed by atoms with Crippen molar-refractivity contribution in [3.05, 3.63) is 81.3 Å². The Bertz CT molecular complexity index is 1460. The number of nitrogens with zero attached hydrogens (tertiary/aromatic N) is 2. The smallest absolute Gasteiger partial charge is 0.288 e. The van der Waals surface area contributed by atoms with Crippen LogP contribution in [-0.4, -0.2) is 20.7 Å². The van der Waals surface area contributed by atoms with Crippen molar-refractivity contribution < 1.29 is 4.79 Å². The quantitative estimate of drug-likeness (QED) is 0.374. The van der Waals surface area contributed by atoms with Crippen molar-refractivity contribution in [1.82, 2.24) is 20.1 Å². The maximum atomic E-state index is 12.9. The number of fused-ring (bicyclic) bond motifs is 1. The van der Waals surface area contributed by atoms with Crippen LogP contribution < -0.4 is 16.6 Å². The Morgan fingerprint density at radius 2 is 1.86 bits per heavy atom. The molecule has 2 aromatic heterocycles. The lowest BCUT2D eigenvalue weighted by molar-refractivity contribution is 0.0939. The molecule has 2 heterocycles. The van der Waals surface area contributed by atoms with Gasteiger partial charge >= 0.3 is 0 Å². The fourth-order valence-corrected chi connectivity index (χ4v) is 5.21. The van der Waals surface area contributed by atoms with Gasteiger partial charge in [-0.3, -0.25) is 9.59 Å². The zero-order valence-corrected chi connectivity index (χ0v) is 20.4. The van der Waals surface area contributed by atoms with Crippen LogP contribution in [0.3, 0.4) is 0 Å². The molecule has 0 saturated heterocycles. The van der Waals surface area contributed by atoms with Gasteiger partial charge in [-0.15, -0.1) is 0 Å². The summed E-state index contributed by atoms with van der Waals surface area (Å²) in [6.45, 7) is 5.91. The van der Waals surface area contributed by atoms with Gasteiger partial charge in [-0.2, -0.15) is 5.10 Å². The molecule has 1 aliphatic rings. The van der Waals surface area contributed by atoms with Gasteiger partial charge in [0.15, 0.2) is 5.82 Å². The Morgan fingerprint density at radius 1 is 1.14 bits per heavy atom. The summed E-state index contributed by atoms with van der Waals surface area (Å²) in [4.78, 5) is 25.6. The molecule has 7 heteroatoms. The van der Waals surface area contributed by atoms with Crippen LogP contribution in [0.2, 0.25) is 0 Å². The van der Waals surface area contributed by atoms with Gasteiger partial charge in [-0.25, -0.2) is 5.10 Å². The third kappa shape index (κ3) is 4.22. The minimum Gasteiger partial charge on any atom is -0.382 e. The zero-order chi connectivity index (χ0) is 24.7. The molecule has 0 bridgehead atoms. The predicted molar refractivity (Wildman–Crippen MR) is 140 cm³/mol. The van der Waals surface area contributed by atoms with E-state index in [0.29, 0.717) is 28.3 Å². The third-order valence-electron chi connectivity index (χ3n) is 7.21. The summed E-state index contributed by atoms with van der Waals surface area (Å²) in [5.41, 5.74) is 12.2. The molecule has 7 nitrogen and oxygen atoms in total. The number of benzene rings is 2. The van der Waals surface area contributed by atoms with Crippen molar-refractivity contribution in [1.29, 1.82) is 0 Å². The summed E-state index contributed by atoms with van der Waals surface area (Å²) in [5, 5.41) is 10.4. The number of carbonyl (C=O) groups excluding carboxylic acids is 1. The van der Waals surface area contributed by atoms with Gasteiger partial charge in [0.1, 0.15) is 5.52 Å². The van der Waals surface area contributed by atoms with E-state index in [2.05, 4.69) is 26.3 Å². The molecule has 0 radical (unpaired) electrons. The minimum absolute atomic E-state index is 0.0829. The van der Waals surface area contributed by atoms with E-state index in [1.54, 1.807) is 0 Å². The lowest BCUT2D eigenvalue weighted by atomic mass is 10.0. The summed E-state index contributed by atoms with van der Waals surface area (Å²) in [6, 6.07) is 14.1. The number of hydrogen-bond donors (Lipinski definition) is 3. The van der Waals surface area contributed by atoms with E-state index in [9.17, 15) is 9.59 Å². The minimum atomic E-state index is -0.216. The molecule has 4 aromatic rings. The molecule has 1 fully saturated rings. The Hall–Kier alpha value is -3.87. The van der Waals surface area contributed by atoms with Gasteiger partial charge in [-0.05, 0) is 56.4 Å². The summed E-state index contributed by atoms with van der Waals surface area (Å²) in [6.07, 6.45) is 6.49. The normalized spacial score (nSPS) is 14.9.